The van der Waals surface area contributed by atoms with Crippen molar-refractivity contribution in [1.29, 1.82) is 0 Å². The molecule has 0 saturated heterocycles. The van der Waals surface area contributed by atoms with E-state index in [0.717, 1.165) is 31.6 Å². The van der Waals surface area contributed by atoms with Crippen LogP contribution in [0, 0.1) is 0 Å². The summed E-state index contributed by atoms with van der Waals surface area (Å²) < 4.78 is 0. The molecule has 0 aliphatic heterocycles. The monoisotopic (exact) mass is 349 g/mol. The third-order valence-electron chi connectivity index (χ3n) is 3.44. The molecule has 1 aromatic carbocycles. The van der Waals surface area contributed by atoms with E-state index < -0.39 is 0 Å². The van der Waals surface area contributed by atoms with Crippen molar-refractivity contribution in [2.45, 2.75) is 26.3 Å². The molecule has 0 aromatic heterocycles. The van der Waals surface area contributed by atoms with Crippen LogP contribution in [0.25, 0.3) is 0 Å². The van der Waals surface area contributed by atoms with E-state index in [1.807, 2.05) is 37.4 Å². The first-order valence-corrected chi connectivity index (χ1v) is 7.45. The number of benzene rings is 1. The minimum Gasteiger partial charge on any atom is -0.354 e. The third-order valence-corrected chi connectivity index (χ3v) is 3.44. The number of amides is 1. The summed E-state index contributed by atoms with van der Waals surface area (Å²) in [4.78, 5) is 14.7. The van der Waals surface area contributed by atoms with E-state index in [-0.39, 0.29) is 36.8 Å². The zero-order valence-corrected chi connectivity index (χ0v) is 15.3. The molecule has 0 heterocycles. The quantitative estimate of drug-likeness (QED) is 0.673. The van der Waals surface area contributed by atoms with Gasteiger partial charge in [-0.25, -0.2) is 0 Å². The van der Waals surface area contributed by atoms with Gasteiger partial charge in [-0.1, -0.05) is 44.2 Å². The molecule has 1 rings (SSSR count). The average Bonchev–Trinajstić information content (AvgIpc) is 2.49. The summed E-state index contributed by atoms with van der Waals surface area (Å²) in [6, 6.07) is 9.81. The lowest BCUT2D eigenvalue weighted by Crippen LogP contribution is -2.41. The molecule has 0 bridgehead atoms. The van der Waals surface area contributed by atoms with Crippen molar-refractivity contribution in [3.8, 4) is 0 Å². The Morgan fingerprint density at radius 2 is 1.68 bits per heavy atom. The molecule has 1 atom stereocenters. The van der Waals surface area contributed by atoms with E-state index >= 15 is 0 Å². The molecular weight excluding hydrogens is 321 g/mol. The summed E-state index contributed by atoms with van der Waals surface area (Å²) >= 11 is 0. The Labute approximate surface area is 146 Å². The van der Waals surface area contributed by atoms with E-state index in [1.165, 1.54) is 0 Å². The van der Waals surface area contributed by atoms with E-state index in [2.05, 4.69) is 29.4 Å². The number of nitrogens with zero attached hydrogens (tertiary/aromatic N) is 1. The lowest BCUT2D eigenvalue weighted by atomic mass is 10.0. The molecule has 0 radical (unpaired) electrons. The third kappa shape index (κ3) is 7.45. The van der Waals surface area contributed by atoms with E-state index in [1.54, 1.807) is 0 Å². The highest BCUT2D eigenvalue weighted by Crippen LogP contribution is 2.20. The minimum atomic E-state index is -0.194. The van der Waals surface area contributed by atoms with Crippen molar-refractivity contribution in [3.05, 3.63) is 35.9 Å². The first kappa shape index (κ1) is 23.5. The SMILES string of the molecule is CCN(CC)C(C(=O)NCCCNC)c1ccccc1.Cl.Cl. The van der Waals surface area contributed by atoms with Crippen LogP contribution in [0.15, 0.2) is 30.3 Å². The molecule has 22 heavy (non-hydrogen) atoms. The second-order valence-corrected chi connectivity index (χ2v) is 4.78. The van der Waals surface area contributed by atoms with Crippen LogP contribution in [0.3, 0.4) is 0 Å². The second kappa shape index (κ2) is 13.8. The van der Waals surface area contributed by atoms with Crippen molar-refractivity contribution in [2.75, 3.05) is 33.2 Å². The molecule has 6 heteroatoms. The van der Waals surface area contributed by atoms with E-state index in [4.69, 9.17) is 0 Å². The summed E-state index contributed by atoms with van der Waals surface area (Å²) in [5, 5.41) is 6.13. The van der Waals surface area contributed by atoms with Gasteiger partial charge in [-0.15, -0.1) is 24.8 Å². The molecule has 128 valence electrons. The number of hydrogen-bond donors (Lipinski definition) is 2. The maximum atomic E-state index is 12.5. The topological polar surface area (TPSA) is 44.4 Å². The largest absolute Gasteiger partial charge is 0.354 e. The van der Waals surface area contributed by atoms with Gasteiger partial charge in [-0.3, -0.25) is 9.69 Å². The van der Waals surface area contributed by atoms with Gasteiger partial charge in [0, 0.05) is 6.54 Å². The number of carbonyl (C=O) groups is 1. The summed E-state index contributed by atoms with van der Waals surface area (Å²) in [5.41, 5.74) is 1.06. The van der Waals surface area contributed by atoms with Crippen LogP contribution in [0.5, 0.6) is 0 Å². The number of rotatable bonds is 9. The standard InChI is InChI=1S/C16H27N3O.2ClH/c1-4-19(5-2)15(14-10-7-6-8-11-14)16(20)18-13-9-12-17-3;;/h6-8,10-11,15,17H,4-5,9,12-13H2,1-3H3,(H,18,20);2*1H. The van der Waals surface area contributed by atoms with Gasteiger partial charge >= 0.3 is 0 Å². The minimum absolute atomic E-state index is 0. The maximum Gasteiger partial charge on any atom is 0.241 e. The van der Waals surface area contributed by atoms with Crippen LogP contribution in [0.4, 0.5) is 0 Å². The fourth-order valence-corrected chi connectivity index (χ4v) is 2.33. The molecule has 1 aromatic rings. The van der Waals surface area contributed by atoms with Crippen LogP contribution < -0.4 is 10.6 Å². The van der Waals surface area contributed by atoms with Crippen LogP contribution in [0.1, 0.15) is 31.9 Å². The number of nitrogens with one attached hydrogen (secondary N) is 2. The highest BCUT2D eigenvalue weighted by Gasteiger charge is 2.25. The fraction of sp³-hybridized carbons (Fsp3) is 0.562. The zero-order valence-electron chi connectivity index (χ0n) is 13.7. The number of hydrogen-bond acceptors (Lipinski definition) is 3. The molecule has 0 saturated carbocycles. The number of likely N-dealkylation sites (N-methyl/N-ethyl adjacent to an activating group) is 1. The summed E-state index contributed by atoms with van der Waals surface area (Å²) in [6.45, 7) is 7.53. The van der Waals surface area contributed by atoms with Crippen molar-refractivity contribution in [3.63, 3.8) is 0 Å². The molecule has 1 amide bonds. The van der Waals surface area contributed by atoms with Gasteiger partial charge in [0.15, 0.2) is 0 Å². The number of carbonyl (C=O) groups excluding carboxylic acids is 1. The van der Waals surface area contributed by atoms with Crippen LogP contribution in [0.2, 0.25) is 0 Å². The lowest BCUT2D eigenvalue weighted by Gasteiger charge is -2.29. The highest BCUT2D eigenvalue weighted by molar-refractivity contribution is 5.85. The maximum absolute atomic E-state index is 12.5. The molecule has 1 unspecified atom stereocenters. The summed E-state index contributed by atoms with van der Waals surface area (Å²) in [6.07, 6.45) is 0.946. The summed E-state index contributed by atoms with van der Waals surface area (Å²) in [7, 11) is 1.92. The van der Waals surface area contributed by atoms with Gasteiger partial charge in [0.25, 0.3) is 0 Å². The predicted octanol–water partition coefficient (Wildman–Crippen LogP) is 2.64. The fourth-order valence-electron chi connectivity index (χ4n) is 2.33. The Morgan fingerprint density at radius 1 is 1.09 bits per heavy atom. The van der Waals surface area contributed by atoms with Crippen molar-refractivity contribution in [1.82, 2.24) is 15.5 Å². The van der Waals surface area contributed by atoms with Crippen LogP contribution >= 0.6 is 24.8 Å². The Balaban J connectivity index is 0. The molecule has 0 spiro atoms. The number of halogens is 2. The normalized spacial score (nSPS) is 11.3. The second-order valence-electron chi connectivity index (χ2n) is 4.78. The van der Waals surface area contributed by atoms with E-state index in [9.17, 15) is 4.79 Å². The van der Waals surface area contributed by atoms with Crippen molar-refractivity contribution < 1.29 is 4.79 Å². The van der Waals surface area contributed by atoms with Gasteiger partial charge in [-0.05, 0) is 38.7 Å². The molecule has 0 aliphatic carbocycles. The predicted molar refractivity (Wildman–Crippen MR) is 98.2 cm³/mol. The first-order valence-electron chi connectivity index (χ1n) is 7.45. The Morgan fingerprint density at radius 3 is 2.18 bits per heavy atom. The molecular formula is C16H29Cl2N3O. The first-order chi connectivity index (χ1) is 9.74. The Bertz CT molecular complexity index is 386. The average molecular weight is 350 g/mol. The van der Waals surface area contributed by atoms with Gasteiger partial charge in [0.1, 0.15) is 6.04 Å². The van der Waals surface area contributed by atoms with Crippen molar-refractivity contribution in [2.24, 2.45) is 0 Å². The molecule has 0 fully saturated rings. The molecule has 2 N–H and O–H groups in total. The van der Waals surface area contributed by atoms with Gasteiger partial charge in [0.05, 0.1) is 0 Å². The lowest BCUT2D eigenvalue weighted by molar-refractivity contribution is -0.126. The highest BCUT2D eigenvalue weighted by atomic mass is 35.5. The van der Waals surface area contributed by atoms with Gasteiger partial charge in [-0.2, -0.15) is 0 Å². The van der Waals surface area contributed by atoms with Gasteiger partial charge < -0.3 is 10.6 Å². The van der Waals surface area contributed by atoms with E-state index in [0.29, 0.717) is 6.54 Å². The van der Waals surface area contributed by atoms with Crippen LogP contribution in [-0.2, 0) is 4.79 Å². The molecule has 4 nitrogen and oxygen atoms in total. The van der Waals surface area contributed by atoms with Crippen molar-refractivity contribution >= 4 is 30.7 Å². The Hall–Kier alpha value is -0.810. The smallest absolute Gasteiger partial charge is 0.241 e. The Kier molecular flexibility index (Phi) is 14.7. The summed E-state index contributed by atoms with van der Waals surface area (Å²) in [5.74, 6) is 0.0935. The van der Waals surface area contributed by atoms with Crippen LogP contribution in [-0.4, -0.2) is 44.0 Å². The molecule has 0 aliphatic rings. The zero-order chi connectivity index (χ0) is 14.8. The van der Waals surface area contributed by atoms with Gasteiger partial charge in [0.2, 0.25) is 5.91 Å².